The van der Waals surface area contributed by atoms with Gasteiger partial charge in [0.15, 0.2) is 0 Å². The van der Waals surface area contributed by atoms with E-state index < -0.39 is 0 Å². The Balaban J connectivity index is 2.56. The van der Waals surface area contributed by atoms with E-state index in [9.17, 15) is 4.79 Å². The number of methoxy groups -OCH3 is 1. The minimum atomic E-state index is -0.0666. The monoisotopic (exact) mass is 258 g/mol. The van der Waals surface area contributed by atoms with Gasteiger partial charge in [-0.1, -0.05) is 6.07 Å². The second-order valence-corrected chi connectivity index (χ2v) is 4.71. The molecule has 0 bridgehead atoms. The van der Waals surface area contributed by atoms with Crippen molar-refractivity contribution in [2.75, 3.05) is 7.11 Å². The zero-order chi connectivity index (χ0) is 14.2. The smallest absolute Gasteiger partial charge is 0.214 e. The number of aromatic nitrogens is 2. The Labute approximate surface area is 113 Å². The van der Waals surface area contributed by atoms with Gasteiger partial charge < -0.3 is 4.74 Å². The van der Waals surface area contributed by atoms with Crippen molar-refractivity contribution in [3.63, 3.8) is 0 Å². The second-order valence-electron chi connectivity index (χ2n) is 4.71. The third-order valence-electron chi connectivity index (χ3n) is 3.36. The Kier molecular flexibility index (Phi) is 3.42. The summed E-state index contributed by atoms with van der Waals surface area (Å²) in [7, 11) is 3.36. The van der Waals surface area contributed by atoms with E-state index in [-0.39, 0.29) is 5.78 Å². The molecular formula is C15H18N2O2. The van der Waals surface area contributed by atoms with E-state index in [1.54, 1.807) is 24.9 Å². The molecule has 0 N–H and O–H groups in total. The average molecular weight is 258 g/mol. The molecule has 0 unspecified atom stereocenters. The van der Waals surface area contributed by atoms with Crippen LogP contribution in [-0.2, 0) is 7.05 Å². The lowest BCUT2D eigenvalue weighted by molar-refractivity contribution is 0.102. The first-order chi connectivity index (χ1) is 8.95. The van der Waals surface area contributed by atoms with Crippen molar-refractivity contribution >= 4 is 5.78 Å². The van der Waals surface area contributed by atoms with Crippen LogP contribution in [0.3, 0.4) is 0 Å². The lowest BCUT2D eigenvalue weighted by Gasteiger charge is -2.12. The molecule has 4 nitrogen and oxygen atoms in total. The summed E-state index contributed by atoms with van der Waals surface area (Å²) in [4.78, 5) is 12.6. The van der Waals surface area contributed by atoms with Crippen LogP contribution < -0.4 is 4.74 Å². The number of hydrogen-bond acceptors (Lipinski definition) is 3. The molecule has 0 spiro atoms. The normalized spacial score (nSPS) is 10.6. The van der Waals surface area contributed by atoms with Gasteiger partial charge in [0.05, 0.1) is 18.4 Å². The first kappa shape index (κ1) is 13.3. The van der Waals surface area contributed by atoms with E-state index in [1.165, 1.54) is 0 Å². The molecule has 100 valence electrons. The first-order valence-electron chi connectivity index (χ1n) is 6.15. The van der Waals surface area contributed by atoms with Crippen LogP contribution in [0, 0.1) is 20.8 Å². The number of hydrogen-bond donors (Lipinski definition) is 0. The lowest BCUT2D eigenvalue weighted by atomic mass is 10.00. The summed E-state index contributed by atoms with van der Waals surface area (Å²) in [5.41, 5.74) is 4.07. The van der Waals surface area contributed by atoms with Gasteiger partial charge in [-0.05, 0) is 44.0 Å². The zero-order valence-corrected chi connectivity index (χ0v) is 11.9. The molecule has 0 fully saturated rings. The number of ether oxygens (including phenoxy) is 1. The third-order valence-corrected chi connectivity index (χ3v) is 3.36. The fraction of sp³-hybridized carbons (Fsp3) is 0.333. The zero-order valence-electron chi connectivity index (χ0n) is 11.9. The van der Waals surface area contributed by atoms with Crippen molar-refractivity contribution in [3.8, 4) is 5.75 Å². The summed E-state index contributed by atoms with van der Waals surface area (Å²) in [6.07, 6.45) is 0. The predicted molar refractivity (Wildman–Crippen MR) is 73.8 cm³/mol. The number of carbonyl (C=O) groups is 1. The van der Waals surface area contributed by atoms with Crippen LogP contribution in [0.25, 0.3) is 0 Å². The molecule has 1 heterocycles. The van der Waals surface area contributed by atoms with E-state index in [4.69, 9.17) is 4.74 Å². The molecule has 0 atom stereocenters. The van der Waals surface area contributed by atoms with Gasteiger partial charge in [0.1, 0.15) is 11.4 Å². The van der Waals surface area contributed by atoms with E-state index in [0.717, 1.165) is 16.8 Å². The van der Waals surface area contributed by atoms with Gasteiger partial charge in [0, 0.05) is 7.05 Å². The van der Waals surface area contributed by atoms with Crippen LogP contribution in [0.4, 0.5) is 0 Å². The van der Waals surface area contributed by atoms with Crippen LogP contribution in [0.2, 0.25) is 0 Å². The van der Waals surface area contributed by atoms with Crippen molar-refractivity contribution in [1.29, 1.82) is 0 Å². The van der Waals surface area contributed by atoms with Crippen molar-refractivity contribution in [1.82, 2.24) is 9.78 Å². The van der Waals surface area contributed by atoms with E-state index in [2.05, 4.69) is 5.10 Å². The van der Waals surface area contributed by atoms with Crippen LogP contribution >= 0.6 is 0 Å². The van der Waals surface area contributed by atoms with Gasteiger partial charge in [0.2, 0.25) is 5.78 Å². The quantitative estimate of drug-likeness (QED) is 0.795. The van der Waals surface area contributed by atoms with Gasteiger partial charge >= 0.3 is 0 Å². The molecule has 0 aliphatic rings. The fourth-order valence-corrected chi connectivity index (χ4v) is 2.19. The molecule has 0 radical (unpaired) electrons. The van der Waals surface area contributed by atoms with Gasteiger partial charge in [-0.2, -0.15) is 5.10 Å². The Bertz CT molecular complexity index is 642. The van der Waals surface area contributed by atoms with Crippen LogP contribution in [0.15, 0.2) is 18.2 Å². The number of aryl methyl sites for hydroxylation is 3. The highest BCUT2D eigenvalue weighted by molar-refractivity contribution is 6.10. The Morgan fingerprint density at radius 1 is 1.26 bits per heavy atom. The molecule has 0 saturated heterocycles. The second kappa shape index (κ2) is 4.88. The molecule has 2 aromatic rings. The maximum atomic E-state index is 12.6. The van der Waals surface area contributed by atoms with E-state index in [1.807, 2.05) is 32.9 Å². The SMILES string of the molecule is COc1c(C(=O)c2cc(C)nn2C)ccc(C)c1C. The van der Waals surface area contributed by atoms with Crippen molar-refractivity contribution in [3.05, 3.63) is 46.3 Å². The topological polar surface area (TPSA) is 44.1 Å². The molecular weight excluding hydrogens is 240 g/mol. The number of ketones is 1. The Morgan fingerprint density at radius 3 is 2.47 bits per heavy atom. The summed E-state index contributed by atoms with van der Waals surface area (Å²) < 4.78 is 7.00. The number of rotatable bonds is 3. The molecule has 1 aromatic heterocycles. The molecule has 4 heteroatoms. The largest absolute Gasteiger partial charge is 0.496 e. The summed E-state index contributed by atoms with van der Waals surface area (Å²) in [5, 5.41) is 4.21. The van der Waals surface area contributed by atoms with Crippen LogP contribution in [0.1, 0.15) is 32.9 Å². The standard InChI is InChI=1S/C15H18N2O2/c1-9-6-7-12(15(19-5)11(9)3)14(18)13-8-10(2)16-17(13)4/h6-8H,1-5H3. The van der Waals surface area contributed by atoms with Gasteiger partial charge in [0.25, 0.3) is 0 Å². The molecule has 0 aliphatic heterocycles. The first-order valence-corrected chi connectivity index (χ1v) is 6.15. The van der Waals surface area contributed by atoms with Gasteiger partial charge in [-0.25, -0.2) is 0 Å². The number of nitrogens with zero attached hydrogens (tertiary/aromatic N) is 2. The minimum absolute atomic E-state index is 0.0666. The van der Waals surface area contributed by atoms with Gasteiger partial charge in [-0.3, -0.25) is 9.48 Å². The summed E-state index contributed by atoms with van der Waals surface area (Å²) >= 11 is 0. The van der Waals surface area contributed by atoms with Gasteiger partial charge in [-0.15, -0.1) is 0 Å². The molecule has 0 saturated carbocycles. The summed E-state index contributed by atoms with van der Waals surface area (Å²) in [6.45, 7) is 5.83. The van der Waals surface area contributed by atoms with E-state index in [0.29, 0.717) is 17.0 Å². The number of carbonyl (C=O) groups excluding carboxylic acids is 1. The third kappa shape index (κ3) is 2.26. The molecule has 19 heavy (non-hydrogen) atoms. The van der Waals surface area contributed by atoms with E-state index >= 15 is 0 Å². The van der Waals surface area contributed by atoms with Crippen molar-refractivity contribution < 1.29 is 9.53 Å². The summed E-state index contributed by atoms with van der Waals surface area (Å²) in [6, 6.07) is 5.54. The fourth-order valence-electron chi connectivity index (χ4n) is 2.19. The average Bonchev–Trinajstić information content (AvgIpc) is 2.71. The molecule has 2 rings (SSSR count). The predicted octanol–water partition coefficient (Wildman–Crippen LogP) is 2.58. The minimum Gasteiger partial charge on any atom is -0.496 e. The maximum absolute atomic E-state index is 12.6. The number of benzene rings is 1. The summed E-state index contributed by atoms with van der Waals surface area (Å²) in [5.74, 6) is 0.576. The highest BCUT2D eigenvalue weighted by Crippen LogP contribution is 2.28. The Hall–Kier alpha value is -2.10. The van der Waals surface area contributed by atoms with Crippen molar-refractivity contribution in [2.24, 2.45) is 7.05 Å². The van der Waals surface area contributed by atoms with Crippen LogP contribution in [-0.4, -0.2) is 22.7 Å². The lowest BCUT2D eigenvalue weighted by Crippen LogP contribution is -2.10. The Morgan fingerprint density at radius 2 is 1.95 bits per heavy atom. The highest BCUT2D eigenvalue weighted by atomic mass is 16.5. The van der Waals surface area contributed by atoms with Crippen LogP contribution in [0.5, 0.6) is 5.75 Å². The molecule has 1 aromatic carbocycles. The highest BCUT2D eigenvalue weighted by Gasteiger charge is 2.20. The van der Waals surface area contributed by atoms with Crippen molar-refractivity contribution in [2.45, 2.75) is 20.8 Å². The molecule has 0 amide bonds. The molecule has 0 aliphatic carbocycles. The maximum Gasteiger partial charge on any atom is 0.214 e.